The van der Waals surface area contributed by atoms with Crippen LogP contribution in [0.4, 0.5) is 13.2 Å². The van der Waals surface area contributed by atoms with Crippen LogP contribution in [-0.2, 0) is 12.6 Å². The third-order valence-corrected chi connectivity index (χ3v) is 5.79. The van der Waals surface area contributed by atoms with Gasteiger partial charge in [0.1, 0.15) is 5.69 Å². The van der Waals surface area contributed by atoms with Gasteiger partial charge in [0.05, 0.1) is 27.9 Å². The molecule has 3 aromatic rings. The van der Waals surface area contributed by atoms with Crippen molar-refractivity contribution in [2.24, 2.45) is 0 Å². The van der Waals surface area contributed by atoms with Crippen LogP contribution in [0.3, 0.4) is 0 Å². The lowest BCUT2D eigenvalue weighted by atomic mass is 10.0. The summed E-state index contributed by atoms with van der Waals surface area (Å²) in [5.74, 6) is 0.0447. The van der Waals surface area contributed by atoms with E-state index in [9.17, 15) is 18.0 Å². The van der Waals surface area contributed by atoms with E-state index in [1.807, 2.05) is 26.1 Å². The summed E-state index contributed by atoms with van der Waals surface area (Å²) < 4.78 is 43.0. The minimum Gasteiger partial charge on any atom is -0.330 e. The zero-order valence-corrected chi connectivity index (χ0v) is 17.8. The van der Waals surface area contributed by atoms with E-state index in [-0.39, 0.29) is 18.2 Å². The molecule has 0 radical (unpaired) electrons. The van der Waals surface area contributed by atoms with Crippen LogP contribution < -0.4 is 0 Å². The number of hydrogen-bond donors (Lipinski definition) is 0. The maximum atomic E-state index is 13.2. The maximum absolute atomic E-state index is 13.2. The Labute approximate surface area is 181 Å². The van der Waals surface area contributed by atoms with Gasteiger partial charge >= 0.3 is 6.18 Å². The molecule has 11 heteroatoms. The second kappa shape index (κ2) is 7.67. The van der Waals surface area contributed by atoms with Gasteiger partial charge in [-0.05, 0) is 32.9 Å². The Balaban J connectivity index is 1.64. The third kappa shape index (κ3) is 3.69. The average Bonchev–Trinajstić information content (AvgIpc) is 3.34. The van der Waals surface area contributed by atoms with Crippen molar-refractivity contribution in [3.8, 4) is 5.82 Å². The third-order valence-electron chi connectivity index (χ3n) is 5.38. The second-order valence-electron chi connectivity index (χ2n) is 7.67. The van der Waals surface area contributed by atoms with E-state index in [0.29, 0.717) is 17.9 Å². The van der Waals surface area contributed by atoms with Crippen molar-refractivity contribution in [1.29, 1.82) is 0 Å². The molecule has 0 saturated heterocycles. The first kappa shape index (κ1) is 21.4. The lowest BCUT2D eigenvalue weighted by Gasteiger charge is -2.33. The molecule has 4 rings (SSSR count). The lowest BCUT2D eigenvalue weighted by Crippen LogP contribution is -2.39. The van der Waals surface area contributed by atoms with Crippen molar-refractivity contribution in [2.45, 2.75) is 45.5 Å². The van der Waals surface area contributed by atoms with Crippen LogP contribution in [0, 0.1) is 0 Å². The van der Waals surface area contributed by atoms with Crippen LogP contribution in [0.1, 0.15) is 60.2 Å². The molecule has 1 atom stereocenters. The molecule has 0 spiro atoms. The van der Waals surface area contributed by atoms with Crippen LogP contribution in [-0.4, -0.2) is 42.1 Å². The molecule has 2 aromatic heterocycles. The SMILES string of the molecule is CC(C)n1ccc(-n2nnc3c2CCN(C(=O)c2cccc(C(F)(F)F)c2Cl)[C@H]3C)n1. The van der Waals surface area contributed by atoms with Crippen LogP contribution in [0.2, 0.25) is 5.02 Å². The number of carbonyl (C=O) groups is 1. The van der Waals surface area contributed by atoms with Gasteiger partial charge in [-0.15, -0.1) is 5.10 Å². The highest BCUT2D eigenvalue weighted by molar-refractivity contribution is 6.34. The van der Waals surface area contributed by atoms with Gasteiger partial charge in [0.25, 0.3) is 5.91 Å². The van der Waals surface area contributed by atoms with Crippen LogP contribution in [0.15, 0.2) is 30.5 Å². The van der Waals surface area contributed by atoms with Gasteiger partial charge in [0, 0.05) is 31.3 Å². The second-order valence-corrected chi connectivity index (χ2v) is 8.05. The highest BCUT2D eigenvalue weighted by Crippen LogP contribution is 2.38. The monoisotopic (exact) mass is 452 g/mol. The Bertz CT molecular complexity index is 1140. The maximum Gasteiger partial charge on any atom is 0.417 e. The number of aromatic nitrogens is 5. The summed E-state index contributed by atoms with van der Waals surface area (Å²) in [6.45, 7) is 6.08. The van der Waals surface area contributed by atoms with Gasteiger partial charge in [-0.25, -0.2) is 0 Å². The summed E-state index contributed by atoms with van der Waals surface area (Å²) >= 11 is 5.96. The van der Waals surface area contributed by atoms with E-state index in [4.69, 9.17) is 11.6 Å². The average molecular weight is 453 g/mol. The van der Waals surface area contributed by atoms with Gasteiger partial charge in [0.2, 0.25) is 0 Å². The predicted molar refractivity (Wildman–Crippen MR) is 107 cm³/mol. The number of hydrogen-bond acceptors (Lipinski definition) is 4. The highest BCUT2D eigenvalue weighted by Gasteiger charge is 2.37. The van der Waals surface area contributed by atoms with Crippen LogP contribution >= 0.6 is 11.6 Å². The van der Waals surface area contributed by atoms with Gasteiger partial charge < -0.3 is 4.90 Å². The first-order chi connectivity index (χ1) is 14.6. The molecule has 1 aromatic carbocycles. The van der Waals surface area contributed by atoms with Crippen LogP contribution in [0.25, 0.3) is 5.82 Å². The molecule has 1 amide bonds. The number of fused-ring (bicyclic) bond motifs is 1. The summed E-state index contributed by atoms with van der Waals surface area (Å²) in [5.41, 5.74) is 0.189. The summed E-state index contributed by atoms with van der Waals surface area (Å²) in [4.78, 5) is 14.5. The Morgan fingerprint density at radius 1 is 1.26 bits per heavy atom. The molecule has 1 aliphatic rings. The molecule has 3 heterocycles. The lowest BCUT2D eigenvalue weighted by molar-refractivity contribution is -0.137. The Morgan fingerprint density at radius 3 is 2.65 bits per heavy atom. The fourth-order valence-corrected chi connectivity index (χ4v) is 4.01. The van der Waals surface area contributed by atoms with Gasteiger partial charge in [-0.1, -0.05) is 22.9 Å². The van der Waals surface area contributed by atoms with E-state index < -0.39 is 28.7 Å². The van der Waals surface area contributed by atoms with E-state index in [1.54, 1.807) is 16.3 Å². The molecule has 0 unspecified atom stereocenters. The molecular formula is C20H20ClF3N6O. The normalized spacial score (nSPS) is 16.6. The first-order valence-electron chi connectivity index (χ1n) is 9.76. The van der Waals surface area contributed by atoms with E-state index in [1.165, 1.54) is 17.0 Å². The zero-order valence-electron chi connectivity index (χ0n) is 17.1. The van der Waals surface area contributed by atoms with Crippen LogP contribution in [0.5, 0.6) is 0 Å². The highest BCUT2D eigenvalue weighted by atomic mass is 35.5. The minimum atomic E-state index is -4.64. The smallest absolute Gasteiger partial charge is 0.330 e. The van der Waals surface area contributed by atoms with Crippen molar-refractivity contribution in [3.05, 3.63) is 58.0 Å². The predicted octanol–water partition coefficient (Wildman–Crippen LogP) is 4.48. The van der Waals surface area contributed by atoms with Gasteiger partial charge in [0.15, 0.2) is 5.82 Å². The molecule has 164 valence electrons. The molecule has 31 heavy (non-hydrogen) atoms. The van der Waals surface area contributed by atoms with Gasteiger partial charge in [-0.3, -0.25) is 9.48 Å². The van der Waals surface area contributed by atoms with E-state index >= 15 is 0 Å². The number of amides is 1. The molecule has 1 aliphatic heterocycles. The summed E-state index contributed by atoms with van der Waals surface area (Å²) in [6, 6.07) is 4.89. The molecule has 0 N–H and O–H groups in total. The largest absolute Gasteiger partial charge is 0.417 e. The zero-order chi connectivity index (χ0) is 22.5. The van der Waals surface area contributed by atoms with Crippen molar-refractivity contribution < 1.29 is 18.0 Å². The fraction of sp³-hybridized carbons (Fsp3) is 0.400. The number of nitrogens with zero attached hydrogens (tertiary/aromatic N) is 6. The van der Waals surface area contributed by atoms with Crippen molar-refractivity contribution in [2.75, 3.05) is 6.54 Å². The fourth-order valence-electron chi connectivity index (χ4n) is 3.70. The Hall–Kier alpha value is -2.88. The number of benzene rings is 1. The van der Waals surface area contributed by atoms with E-state index in [0.717, 1.165) is 11.8 Å². The molecule has 0 aliphatic carbocycles. The molecule has 0 bridgehead atoms. The first-order valence-corrected chi connectivity index (χ1v) is 10.1. The van der Waals surface area contributed by atoms with Crippen molar-refractivity contribution in [3.63, 3.8) is 0 Å². The molecule has 0 fully saturated rings. The summed E-state index contributed by atoms with van der Waals surface area (Å²) in [7, 11) is 0. The minimum absolute atomic E-state index is 0.185. The summed E-state index contributed by atoms with van der Waals surface area (Å²) in [6.07, 6.45) is -2.36. The molecule has 7 nitrogen and oxygen atoms in total. The topological polar surface area (TPSA) is 68.8 Å². The van der Waals surface area contributed by atoms with Crippen molar-refractivity contribution >= 4 is 17.5 Å². The van der Waals surface area contributed by atoms with Gasteiger partial charge in [-0.2, -0.15) is 23.0 Å². The van der Waals surface area contributed by atoms with Crippen molar-refractivity contribution in [1.82, 2.24) is 29.7 Å². The number of carbonyl (C=O) groups excluding carboxylic acids is 1. The Kier molecular flexibility index (Phi) is 5.28. The quantitative estimate of drug-likeness (QED) is 0.587. The molecular weight excluding hydrogens is 433 g/mol. The Morgan fingerprint density at radius 2 is 2.00 bits per heavy atom. The standard InChI is InChI=1S/C20H20ClF3N6O/c1-11(2)29-10-8-16(26-29)30-15-7-9-28(12(3)18(15)25-27-30)19(31)13-5-4-6-14(17(13)21)20(22,23)24/h4-6,8,10-12H,7,9H2,1-3H3/t12-/m0/s1. The van der Waals surface area contributed by atoms with E-state index in [2.05, 4.69) is 15.4 Å². The number of halogens is 4. The summed E-state index contributed by atoms with van der Waals surface area (Å²) in [5, 5.41) is 12.3. The molecule has 0 saturated carbocycles. The number of alkyl halides is 3. The number of rotatable bonds is 3.